The third kappa shape index (κ3) is 11.1. The lowest BCUT2D eigenvalue weighted by atomic mass is 9.94. The topological polar surface area (TPSA) is 36.1 Å². The van der Waals surface area contributed by atoms with Gasteiger partial charge in [-0.2, -0.15) is 0 Å². The Bertz CT molecular complexity index is 643. The summed E-state index contributed by atoms with van der Waals surface area (Å²) in [5.74, 6) is 0.960. The standard InChI is InChI=1S/C9H8FN.C9H17NO.C3H8.2C2H6/c1-6-7-4-5-11-9(7)3-2-8(6)10;1-3-9-4-6-10(7-5-9)8(2)11;1-3-2;2*1-2/h2-5,11H,1H3;9H,3-7H2,1-2H3;3H2,1-2H3;2*1-2H3. The number of H-pyrrole nitrogens is 1. The predicted molar refractivity (Wildman–Crippen MR) is 127 cm³/mol. The van der Waals surface area contributed by atoms with Crippen LogP contribution in [-0.2, 0) is 4.79 Å². The largest absolute Gasteiger partial charge is 0.361 e. The summed E-state index contributed by atoms with van der Waals surface area (Å²) in [6.07, 6.45) is 6.75. The number of amides is 1. The van der Waals surface area contributed by atoms with Gasteiger partial charge < -0.3 is 9.88 Å². The van der Waals surface area contributed by atoms with Crippen LogP contribution in [0.5, 0.6) is 0 Å². The summed E-state index contributed by atoms with van der Waals surface area (Å²) >= 11 is 0. The highest BCUT2D eigenvalue weighted by molar-refractivity contribution is 5.82. The lowest BCUT2D eigenvalue weighted by Crippen LogP contribution is -2.36. The fourth-order valence-corrected chi connectivity index (χ4v) is 2.91. The second-order valence-electron chi connectivity index (χ2n) is 6.68. The van der Waals surface area contributed by atoms with Gasteiger partial charge in [0.25, 0.3) is 0 Å². The van der Waals surface area contributed by atoms with Crippen LogP contribution in [-0.4, -0.2) is 28.9 Å². The second-order valence-corrected chi connectivity index (χ2v) is 6.68. The minimum atomic E-state index is -0.142. The number of nitrogens with zero attached hydrogens (tertiary/aromatic N) is 1. The number of aromatic amines is 1. The Labute approximate surface area is 179 Å². The minimum absolute atomic E-state index is 0.142. The first-order valence-corrected chi connectivity index (χ1v) is 11.4. The van der Waals surface area contributed by atoms with Gasteiger partial charge in [-0.05, 0) is 49.4 Å². The first-order valence-electron chi connectivity index (χ1n) is 11.4. The molecule has 1 aliphatic rings. The molecule has 1 aliphatic heterocycles. The van der Waals surface area contributed by atoms with Gasteiger partial charge in [-0.1, -0.05) is 61.3 Å². The molecule has 168 valence electrons. The zero-order chi connectivity index (χ0) is 22.8. The van der Waals surface area contributed by atoms with E-state index in [1.165, 1.54) is 31.7 Å². The van der Waals surface area contributed by atoms with Gasteiger partial charge >= 0.3 is 0 Å². The van der Waals surface area contributed by atoms with E-state index in [2.05, 4.69) is 25.8 Å². The molecule has 1 fully saturated rings. The Hall–Kier alpha value is -1.84. The molecule has 0 saturated carbocycles. The van der Waals surface area contributed by atoms with Crippen molar-refractivity contribution in [1.29, 1.82) is 0 Å². The molecule has 0 bridgehead atoms. The van der Waals surface area contributed by atoms with Gasteiger partial charge in [0, 0.05) is 37.1 Å². The maximum atomic E-state index is 12.9. The number of piperidine rings is 1. The average Bonchev–Trinajstić information content (AvgIpc) is 3.24. The first kappa shape index (κ1) is 29.4. The van der Waals surface area contributed by atoms with Gasteiger partial charge in [-0.25, -0.2) is 4.39 Å². The fraction of sp³-hybridized carbons (Fsp3) is 0.640. The van der Waals surface area contributed by atoms with E-state index in [-0.39, 0.29) is 11.7 Å². The van der Waals surface area contributed by atoms with Crippen LogP contribution in [0.2, 0.25) is 0 Å². The Morgan fingerprint density at radius 1 is 1.07 bits per heavy atom. The molecule has 0 spiro atoms. The lowest BCUT2D eigenvalue weighted by molar-refractivity contribution is -0.130. The third-order valence-corrected chi connectivity index (χ3v) is 4.57. The zero-order valence-corrected chi connectivity index (χ0v) is 20.4. The number of fused-ring (bicyclic) bond motifs is 1. The molecule has 0 unspecified atom stereocenters. The number of aromatic nitrogens is 1. The molecule has 1 N–H and O–H groups in total. The van der Waals surface area contributed by atoms with Gasteiger partial charge in [0.05, 0.1) is 0 Å². The summed E-state index contributed by atoms with van der Waals surface area (Å²) in [6.45, 7) is 19.9. The van der Waals surface area contributed by atoms with Crippen molar-refractivity contribution >= 4 is 16.8 Å². The predicted octanol–water partition coefficient (Wildman–Crippen LogP) is 7.74. The molecule has 2 heterocycles. The van der Waals surface area contributed by atoms with Gasteiger partial charge in [0.15, 0.2) is 0 Å². The highest BCUT2D eigenvalue weighted by Crippen LogP contribution is 2.20. The summed E-state index contributed by atoms with van der Waals surface area (Å²) in [5.41, 5.74) is 1.70. The van der Waals surface area contributed by atoms with Crippen molar-refractivity contribution in [3.8, 4) is 0 Å². The number of nitrogens with one attached hydrogen (secondary N) is 1. The molecule has 0 aliphatic carbocycles. The molecule has 29 heavy (non-hydrogen) atoms. The zero-order valence-electron chi connectivity index (χ0n) is 20.4. The smallest absolute Gasteiger partial charge is 0.219 e. The molecule has 0 radical (unpaired) electrons. The van der Waals surface area contributed by atoms with E-state index in [9.17, 15) is 9.18 Å². The van der Waals surface area contributed by atoms with Crippen LogP contribution in [0.15, 0.2) is 24.4 Å². The van der Waals surface area contributed by atoms with Crippen molar-refractivity contribution in [2.45, 2.75) is 88.0 Å². The summed E-state index contributed by atoms with van der Waals surface area (Å²) in [6, 6.07) is 5.11. The Morgan fingerprint density at radius 3 is 2.03 bits per heavy atom. The molecule has 3 nitrogen and oxygen atoms in total. The average molecular weight is 409 g/mol. The summed E-state index contributed by atoms with van der Waals surface area (Å²) < 4.78 is 12.9. The third-order valence-electron chi connectivity index (χ3n) is 4.57. The van der Waals surface area contributed by atoms with Gasteiger partial charge in [-0.15, -0.1) is 0 Å². The number of benzene rings is 1. The number of halogens is 1. The molecule has 4 heteroatoms. The maximum Gasteiger partial charge on any atom is 0.219 e. The number of hydrogen-bond acceptors (Lipinski definition) is 1. The highest BCUT2D eigenvalue weighted by atomic mass is 19.1. The van der Waals surface area contributed by atoms with Crippen molar-refractivity contribution in [1.82, 2.24) is 9.88 Å². The highest BCUT2D eigenvalue weighted by Gasteiger charge is 2.18. The number of carbonyl (C=O) groups is 1. The summed E-state index contributed by atoms with van der Waals surface area (Å²) in [7, 11) is 0. The van der Waals surface area contributed by atoms with Crippen LogP contribution in [0.4, 0.5) is 4.39 Å². The van der Waals surface area contributed by atoms with Crippen LogP contribution in [0.1, 0.15) is 86.6 Å². The monoisotopic (exact) mass is 408 g/mol. The van der Waals surface area contributed by atoms with E-state index >= 15 is 0 Å². The van der Waals surface area contributed by atoms with Crippen molar-refractivity contribution < 1.29 is 9.18 Å². The van der Waals surface area contributed by atoms with Gasteiger partial charge in [-0.3, -0.25) is 4.79 Å². The van der Waals surface area contributed by atoms with Gasteiger partial charge in [0.1, 0.15) is 5.82 Å². The van der Waals surface area contributed by atoms with E-state index in [4.69, 9.17) is 0 Å². The molecule has 2 aromatic rings. The van der Waals surface area contributed by atoms with E-state index in [1.54, 1.807) is 19.9 Å². The molecule has 1 amide bonds. The van der Waals surface area contributed by atoms with Gasteiger partial charge in [0.2, 0.25) is 5.91 Å². The summed E-state index contributed by atoms with van der Waals surface area (Å²) in [5, 5.41) is 0.963. The van der Waals surface area contributed by atoms with E-state index in [0.717, 1.165) is 29.9 Å². The van der Waals surface area contributed by atoms with Crippen LogP contribution in [0, 0.1) is 18.7 Å². The number of hydrogen-bond donors (Lipinski definition) is 1. The first-order chi connectivity index (χ1) is 13.9. The number of rotatable bonds is 1. The molecule has 1 saturated heterocycles. The van der Waals surface area contributed by atoms with Crippen LogP contribution >= 0.6 is 0 Å². The number of likely N-dealkylation sites (tertiary alicyclic amines) is 1. The van der Waals surface area contributed by atoms with Crippen molar-refractivity contribution in [2.75, 3.05) is 13.1 Å². The normalized spacial score (nSPS) is 12.8. The summed E-state index contributed by atoms with van der Waals surface area (Å²) in [4.78, 5) is 15.9. The molecule has 0 atom stereocenters. The SMILES string of the molecule is CC.CC.CCC.CCC1CCN(C(C)=O)CC1.Cc1c(F)ccc2[nH]ccc12. The van der Waals surface area contributed by atoms with Crippen molar-refractivity contribution in [3.05, 3.63) is 35.8 Å². The van der Waals surface area contributed by atoms with Crippen LogP contribution < -0.4 is 0 Å². The molecular formula is C25H45FN2O. The Kier molecular flexibility index (Phi) is 18.4. The van der Waals surface area contributed by atoms with E-state index < -0.39 is 0 Å². The Balaban J connectivity index is 0. The molecule has 3 rings (SSSR count). The second kappa shape index (κ2) is 18.2. The minimum Gasteiger partial charge on any atom is -0.361 e. The number of aryl methyl sites for hydroxylation is 1. The molecule has 1 aromatic heterocycles. The lowest BCUT2D eigenvalue weighted by Gasteiger charge is -2.30. The van der Waals surface area contributed by atoms with E-state index in [0.29, 0.717) is 5.56 Å². The quantitative estimate of drug-likeness (QED) is 0.514. The maximum absolute atomic E-state index is 12.9. The molecular weight excluding hydrogens is 363 g/mol. The Morgan fingerprint density at radius 2 is 1.59 bits per heavy atom. The van der Waals surface area contributed by atoms with E-state index in [1.807, 2.05) is 44.9 Å². The number of carbonyl (C=O) groups excluding carboxylic acids is 1. The van der Waals surface area contributed by atoms with Crippen LogP contribution in [0.25, 0.3) is 10.9 Å². The van der Waals surface area contributed by atoms with Crippen molar-refractivity contribution in [3.63, 3.8) is 0 Å². The fourth-order valence-electron chi connectivity index (χ4n) is 2.91. The molecule has 1 aromatic carbocycles. The van der Waals surface area contributed by atoms with Crippen LogP contribution in [0.3, 0.4) is 0 Å². The van der Waals surface area contributed by atoms with Crippen molar-refractivity contribution in [2.24, 2.45) is 5.92 Å².